The summed E-state index contributed by atoms with van der Waals surface area (Å²) in [7, 11) is 0. The van der Waals surface area contributed by atoms with E-state index in [0.29, 0.717) is 23.1 Å². The number of nitrogens with zero attached hydrogens (tertiary/aromatic N) is 5. The number of benzene rings is 3. The standard InChI is InChI=1S/C28H25BrN6O4S/c1-18-8-9-20(15-24(18)35(38)39)27(37)30-16-25-31-32-28(34(25)22-12-10-21(29)11-13-22)40-17-26(36)33-14-4-6-19-5-2-3-7-23(19)33/h2-3,5,7-13,15H,4,6,14,16-17H2,1H3,(H,30,37). The van der Waals surface area contributed by atoms with Crippen molar-refractivity contribution in [3.8, 4) is 5.69 Å². The number of anilines is 1. The highest BCUT2D eigenvalue weighted by molar-refractivity contribution is 9.10. The molecule has 40 heavy (non-hydrogen) atoms. The predicted octanol–water partition coefficient (Wildman–Crippen LogP) is 5.25. The molecule has 204 valence electrons. The highest BCUT2D eigenvalue weighted by Crippen LogP contribution is 2.29. The zero-order valence-electron chi connectivity index (χ0n) is 21.5. The molecule has 2 amide bonds. The Hall–Kier alpha value is -4.03. The van der Waals surface area contributed by atoms with Crippen molar-refractivity contribution in [3.63, 3.8) is 0 Å². The third-order valence-corrected chi connectivity index (χ3v) is 8.04. The number of hydrogen-bond acceptors (Lipinski definition) is 7. The average Bonchev–Trinajstić information content (AvgIpc) is 3.37. The summed E-state index contributed by atoms with van der Waals surface area (Å²) in [6, 6.07) is 19.8. The van der Waals surface area contributed by atoms with Crippen LogP contribution >= 0.6 is 27.7 Å². The lowest BCUT2D eigenvalue weighted by molar-refractivity contribution is -0.385. The SMILES string of the molecule is Cc1ccc(C(=O)NCc2nnc(SCC(=O)N3CCCc4ccccc43)n2-c2ccc(Br)cc2)cc1[N+](=O)[O-]. The molecule has 12 heteroatoms. The number of carbonyl (C=O) groups is 2. The van der Waals surface area contributed by atoms with E-state index in [1.54, 1.807) is 23.6 Å². The molecule has 1 aromatic heterocycles. The lowest BCUT2D eigenvalue weighted by Crippen LogP contribution is -2.36. The first-order chi connectivity index (χ1) is 19.3. The predicted molar refractivity (Wildman–Crippen MR) is 156 cm³/mol. The Bertz CT molecular complexity index is 1590. The molecule has 3 aromatic carbocycles. The van der Waals surface area contributed by atoms with Gasteiger partial charge in [0.25, 0.3) is 11.6 Å². The van der Waals surface area contributed by atoms with E-state index in [2.05, 4.69) is 37.5 Å². The van der Waals surface area contributed by atoms with Gasteiger partial charge >= 0.3 is 0 Å². The smallest absolute Gasteiger partial charge is 0.273 e. The van der Waals surface area contributed by atoms with Gasteiger partial charge in [0.1, 0.15) is 0 Å². The molecule has 2 heterocycles. The monoisotopic (exact) mass is 620 g/mol. The molecule has 0 saturated heterocycles. The molecule has 0 atom stereocenters. The van der Waals surface area contributed by atoms with Gasteiger partial charge in [-0.3, -0.25) is 24.3 Å². The largest absolute Gasteiger partial charge is 0.345 e. The third-order valence-electron chi connectivity index (χ3n) is 6.60. The minimum atomic E-state index is -0.510. The molecule has 0 aliphatic carbocycles. The van der Waals surface area contributed by atoms with Crippen LogP contribution in [0.3, 0.4) is 0 Å². The summed E-state index contributed by atoms with van der Waals surface area (Å²) < 4.78 is 2.69. The second-order valence-electron chi connectivity index (χ2n) is 9.22. The van der Waals surface area contributed by atoms with E-state index in [1.165, 1.54) is 23.4 Å². The molecule has 0 unspecified atom stereocenters. The number of hydrogen-bond donors (Lipinski definition) is 1. The van der Waals surface area contributed by atoms with Crippen LogP contribution in [0.25, 0.3) is 5.69 Å². The first-order valence-corrected chi connectivity index (χ1v) is 14.3. The Morgan fingerprint density at radius 1 is 1.10 bits per heavy atom. The summed E-state index contributed by atoms with van der Waals surface area (Å²) in [5.74, 6) is 0.137. The van der Waals surface area contributed by atoms with Gasteiger partial charge in [-0.2, -0.15) is 0 Å². The molecule has 0 bridgehead atoms. The molecule has 4 aromatic rings. The first kappa shape index (κ1) is 27.5. The number of fused-ring (bicyclic) bond motifs is 1. The number of rotatable bonds is 8. The van der Waals surface area contributed by atoms with Gasteiger partial charge in [-0.25, -0.2) is 0 Å². The molecule has 1 N–H and O–H groups in total. The Morgan fingerprint density at radius 2 is 1.88 bits per heavy atom. The van der Waals surface area contributed by atoms with Crippen LogP contribution in [0.4, 0.5) is 11.4 Å². The Balaban J connectivity index is 1.35. The van der Waals surface area contributed by atoms with Crippen molar-refractivity contribution in [2.75, 3.05) is 17.2 Å². The average molecular weight is 622 g/mol. The van der Waals surface area contributed by atoms with Crippen LogP contribution in [0.1, 0.15) is 33.7 Å². The quantitative estimate of drug-likeness (QED) is 0.162. The van der Waals surface area contributed by atoms with Crippen LogP contribution in [0.15, 0.2) is 76.4 Å². The number of carbonyl (C=O) groups excluding carboxylic acids is 2. The third kappa shape index (κ3) is 5.92. The maximum absolute atomic E-state index is 13.2. The van der Waals surface area contributed by atoms with Gasteiger partial charge in [0.2, 0.25) is 5.91 Å². The van der Waals surface area contributed by atoms with Gasteiger partial charge in [-0.05, 0) is 61.7 Å². The molecule has 10 nitrogen and oxygen atoms in total. The van der Waals surface area contributed by atoms with Crippen LogP contribution in [0.5, 0.6) is 0 Å². The second kappa shape index (κ2) is 12.0. The van der Waals surface area contributed by atoms with Crippen LogP contribution < -0.4 is 10.2 Å². The molecule has 0 saturated carbocycles. The van der Waals surface area contributed by atoms with Crippen LogP contribution in [0.2, 0.25) is 0 Å². The molecule has 0 radical (unpaired) electrons. The van der Waals surface area contributed by atoms with E-state index in [-0.39, 0.29) is 29.5 Å². The zero-order chi connectivity index (χ0) is 28.2. The lowest BCUT2D eigenvalue weighted by Gasteiger charge is -2.29. The summed E-state index contributed by atoms with van der Waals surface area (Å²) in [4.78, 5) is 38.7. The summed E-state index contributed by atoms with van der Waals surface area (Å²) in [5, 5.41) is 23.2. The molecular formula is C28H25BrN6O4S. The number of amides is 2. The molecular weight excluding hydrogens is 596 g/mol. The Kier molecular flexibility index (Phi) is 8.27. The van der Waals surface area contributed by atoms with E-state index < -0.39 is 10.8 Å². The highest BCUT2D eigenvalue weighted by atomic mass is 79.9. The minimum Gasteiger partial charge on any atom is -0.345 e. The van der Waals surface area contributed by atoms with Crippen molar-refractivity contribution in [2.45, 2.75) is 31.5 Å². The molecule has 1 aliphatic heterocycles. The highest BCUT2D eigenvalue weighted by Gasteiger charge is 2.24. The Morgan fingerprint density at radius 3 is 2.65 bits per heavy atom. The molecule has 0 spiro atoms. The van der Waals surface area contributed by atoms with Gasteiger partial charge in [-0.1, -0.05) is 52.0 Å². The fourth-order valence-electron chi connectivity index (χ4n) is 4.56. The summed E-state index contributed by atoms with van der Waals surface area (Å²) in [6.45, 7) is 2.32. The molecule has 0 fully saturated rings. The molecule has 5 rings (SSSR count). The molecule has 1 aliphatic rings. The van der Waals surface area contributed by atoms with Crippen molar-refractivity contribution in [1.82, 2.24) is 20.1 Å². The van der Waals surface area contributed by atoms with E-state index in [0.717, 1.165) is 28.7 Å². The second-order valence-corrected chi connectivity index (χ2v) is 11.1. The fourth-order valence-corrected chi connectivity index (χ4v) is 5.67. The van der Waals surface area contributed by atoms with Gasteiger partial charge in [0.15, 0.2) is 11.0 Å². The topological polar surface area (TPSA) is 123 Å². The van der Waals surface area contributed by atoms with Gasteiger partial charge in [0, 0.05) is 39.6 Å². The van der Waals surface area contributed by atoms with Crippen LogP contribution in [0, 0.1) is 17.0 Å². The Labute approximate surface area is 243 Å². The van der Waals surface area contributed by atoms with E-state index in [4.69, 9.17) is 0 Å². The van der Waals surface area contributed by atoms with Gasteiger partial charge in [0.05, 0.1) is 17.2 Å². The number of nitrogens with one attached hydrogen (secondary N) is 1. The number of nitro benzene ring substituents is 1. The van der Waals surface area contributed by atoms with E-state index in [9.17, 15) is 19.7 Å². The van der Waals surface area contributed by atoms with Crippen molar-refractivity contribution < 1.29 is 14.5 Å². The number of aromatic nitrogens is 3. The van der Waals surface area contributed by atoms with Gasteiger partial charge in [-0.15, -0.1) is 10.2 Å². The number of nitro groups is 1. The summed E-state index contributed by atoms with van der Waals surface area (Å²) in [5.41, 5.74) is 3.41. The van der Waals surface area contributed by atoms with Crippen LogP contribution in [-0.4, -0.2) is 43.8 Å². The number of halogens is 1. The number of thioether (sulfide) groups is 1. The van der Waals surface area contributed by atoms with Crippen LogP contribution in [-0.2, 0) is 17.8 Å². The van der Waals surface area contributed by atoms with Crippen molar-refractivity contribution in [1.29, 1.82) is 0 Å². The van der Waals surface area contributed by atoms with Gasteiger partial charge < -0.3 is 10.2 Å². The summed E-state index contributed by atoms with van der Waals surface area (Å²) >= 11 is 4.73. The van der Waals surface area contributed by atoms with E-state index in [1.807, 2.05) is 47.4 Å². The maximum Gasteiger partial charge on any atom is 0.273 e. The summed E-state index contributed by atoms with van der Waals surface area (Å²) in [6.07, 6.45) is 1.87. The van der Waals surface area contributed by atoms with Crippen molar-refractivity contribution in [3.05, 3.63) is 104 Å². The number of para-hydroxylation sites is 1. The minimum absolute atomic E-state index is 0.0154. The first-order valence-electron chi connectivity index (χ1n) is 12.6. The lowest BCUT2D eigenvalue weighted by atomic mass is 10.0. The van der Waals surface area contributed by atoms with Crippen molar-refractivity contribution >= 4 is 50.9 Å². The van der Waals surface area contributed by atoms with E-state index >= 15 is 0 Å². The van der Waals surface area contributed by atoms with Crippen molar-refractivity contribution in [2.24, 2.45) is 0 Å². The maximum atomic E-state index is 13.2. The number of aryl methyl sites for hydroxylation is 2. The normalized spacial score (nSPS) is 12.6. The zero-order valence-corrected chi connectivity index (χ0v) is 23.9. The fraction of sp³-hybridized carbons (Fsp3) is 0.214.